The van der Waals surface area contributed by atoms with Crippen molar-refractivity contribution in [3.8, 4) is 5.75 Å². The van der Waals surface area contributed by atoms with Gasteiger partial charge in [-0.3, -0.25) is 4.79 Å². The van der Waals surface area contributed by atoms with Crippen LogP contribution in [-0.2, 0) is 4.79 Å². The van der Waals surface area contributed by atoms with Gasteiger partial charge < -0.3 is 49.3 Å². The van der Waals surface area contributed by atoms with Crippen molar-refractivity contribution < 1.29 is 48.8 Å². The monoisotopic (exact) mass is 421 g/mol. The van der Waals surface area contributed by atoms with Crippen LogP contribution in [-0.4, -0.2) is 85.1 Å². The summed E-state index contributed by atoms with van der Waals surface area (Å²) < 4.78 is 1.35. The van der Waals surface area contributed by atoms with E-state index in [0.717, 1.165) is 31.5 Å². The van der Waals surface area contributed by atoms with Gasteiger partial charge in [-0.15, -0.1) is 0 Å². The number of quaternary nitrogens is 2. The van der Waals surface area contributed by atoms with Gasteiger partial charge in [-0.1, -0.05) is 6.07 Å². The molecule has 3 N–H and O–H groups in total. The third-order valence-corrected chi connectivity index (χ3v) is 4.84. The highest BCUT2D eigenvalue weighted by Crippen LogP contribution is 2.23. The number of likely N-dealkylation sites (tertiary alicyclic amines) is 1. The molecule has 1 fully saturated rings. The molecule has 0 bridgehead atoms. The Kier molecular flexibility index (Phi) is 10.1. The number of phenolic OH excluding ortho intramolecular Hbond substituents is 1. The number of carbonyl (C=O) groups excluding carboxylic acids is 1. The van der Waals surface area contributed by atoms with Gasteiger partial charge in [0.05, 0.1) is 34.2 Å². The number of nitrogens with zero attached hydrogens (tertiary/aromatic N) is 2. The molecule has 2 rings (SSSR count). The molecule has 6 nitrogen and oxygen atoms in total. The highest BCUT2D eigenvalue weighted by atomic mass is 35.5. The van der Waals surface area contributed by atoms with Gasteiger partial charge in [0.1, 0.15) is 18.8 Å². The maximum Gasteiger partial charge on any atom is 0.279 e. The van der Waals surface area contributed by atoms with Crippen LogP contribution in [0.3, 0.4) is 0 Å². The third-order valence-electron chi connectivity index (χ3n) is 4.84. The number of likely N-dealkylation sites (N-methyl/N-ethyl adjacent to an activating group) is 1. The first-order valence-corrected chi connectivity index (χ1v) is 9.02. The first-order valence-electron chi connectivity index (χ1n) is 9.02. The number of benzene rings is 1. The fourth-order valence-electron chi connectivity index (χ4n) is 3.74. The highest BCUT2D eigenvalue weighted by molar-refractivity contribution is 5.91. The van der Waals surface area contributed by atoms with Crippen molar-refractivity contribution in [2.45, 2.75) is 25.9 Å². The van der Waals surface area contributed by atoms with Gasteiger partial charge in [0.15, 0.2) is 12.6 Å². The Morgan fingerprint density at radius 1 is 1.22 bits per heavy atom. The van der Waals surface area contributed by atoms with Gasteiger partial charge in [-0.05, 0) is 18.6 Å². The summed E-state index contributed by atoms with van der Waals surface area (Å²) in [5, 5.41) is 23.2. The van der Waals surface area contributed by atoms with E-state index in [9.17, 15) is 15.0 Å². The van der Waals surface area contributed by atoms with E-state index in [0.29, 0.717) is 34.3 Å². The lowest BCUT2D eigenvalue weighted by molar-refractivity contribution is -0.921. The Balaban J connectivity index is 0.00000338. The third kappa shape index (κ3) is 8.23. The lowest BCUT2D eigenvalue weighted by Crippen LogP contribution is -3.00. The van der Waals surface area contributed by atoms with Crippen LogP contribution in [0.1, 0.15) is 18.4 Å². The van der Waals surface area contributed by atoms with E-state index in [-0.39, 0.29) is 36.5 Å². The molecule has 0 spiro atoms. The van der Waals surface area contributed by atoms with Crippen molar-refractivity contribution in [2.75, 3.05) is 59.2 Å². The second-order valence-electron chi connectivity index (χ2n) is 8.51. The largest absolute Gasteiger partial charge is 1.00 e. The van der Waals surface area contributed by atoms with Crippen LogP contribution in [0.4, 0.5) is 5.69 Å². The molecular weight excluding hydrogens is 389 g/mol. The molecule has 1 unspecified atom stereocenters. The molecule has 8 heteroatoms. The van der Waals surface area contributed by atoms with E-state index in [1.54, 1.807) is 18.2 Å². The molecule has 1 aliphatic heterocycles. The number of nitrogens with one attached hydrogen (secondary N) is 1. The fourth-order valence-corrected chi connectivity index (χ4v) is 3.74. The number of rotatable bonds is 7. The van der Waals surface area contributed by atoms with Gasteiger partial charge in [-0.2, -0.15) is 0 Å². The number of phenols is 1. The number of amides is 1. The van der Waals surface area contributed by atoms with Crippen molar-refractivity contribution >= 4 is 11.6 Å². The van der Waals surface area contributed by atoms with Crippen molar-refractivity contribution in [3.05, 3.63) is 23.8 Å². The van der Waals surface area contributed by atoms with Crippen LogP contribution < -0.4 is 30.1 Å². The summed E-state index contributed by atoms with van der Waals surface area (Å²) in [6.45, 7) is 5.33. The van der Waals surface area contributed by atoms with Gasteiger partial charge in [0, 0.05) is 24.6 Å². The number of aliphatic hydroxyl groups excluding tert-OH is 1. The van der Waals surface area contributed by atoms with Crippen LogP contribution in [0.15, 0.2) is 18.2 Å². The average molecular weight is 422 g/mol. The Bertz CT molecular complexity index is 615. The molecule has 156 valence electrons. The van der Waals surface area contributed by atoms with E-state index >= 15 is 0 Å². The molecule has 0 aromatic heterocycles. The van der Waals surface area contributed by atoms with E-state index in [2.05, 4.69) is 26.5 Å². The van der Waals surface area contributed by atoms with Crippen molar-refractivity contribution in [1.82, 2.24) is 0 Å². The maximum atomic E-state index is 12.5. The summed E-state index contributed by atoms with van der Waals surface area (Å²) >= 11 is 0. The molecule has 1 heterocycles. The molecule has 1 aromatic rings. The molecule has 1 aromatic carbocycles. The molecule has 0 radical (unpaired) electrons. The first-order chi connectivity index (χ1) is 11.6. The number of halogens is 2. The summed E-state index contributed by atoms with van der Waals surface area (Å²) in [4.78, 5) is 12.5. The summed E-state index contributed by atoms with van der Waals surface area (Å²) in [6.07, 6.45) is 1.76. The number of carbonyl (C=O) groups is 1. The molecule has 1 aliphatic rings. The summed E-state index contributed by atoms with van der Waals surface area (Å²) in [7, 11) is 6.19. The van der Waals surface area contributed by atoms with Crippen LogP contribution in [0, 0.1) is 6.92 Å². The number of aryl methyl sites for hydroxylation is 1. The predicted molar refractivity (Wildman–Crippen MR) is 99.3 cm³/mol. The number of aliphatic hydroxyl groups is 1. The standard InChI is InChI=1S/C19H31N3O3.2ClH/c1-15-7-8-16(11-18(15)24)20-19(25)14-22(9-5-6-10-22)13-17(23)12-21(2,3)4;;/h7-8,11,17,23H,5-6,9-10,12-14H2,1-4H3;2*1H. The van der Waals surface area contributed by atoms with Crippen LogP contribution >= 0.6 is 0 Å². The first kappa shape index (κ1) is 26.0. The second-order valence-corrected chi connectivity index (χ2v) is 8.51. The molecule has 27 heavy (non-hydrogen) atoms. The number of aromatic hydroxyl groups is 1. The Hall–Kier alpha value is -1.05. The SMILES string of the molecule is Cc1ccc(NC(=O)C[N+]2(CC(O)C[N+](C)(C)C)CCCC2)cc1O.[Cl-].[Cl-]. The van der Waals surface area contributed by atoms with E-state index in [1.807, 2.05) is 6.92 Å². The Labute approximate surface area is 175 Å². The predicted octanol–water partition coefficient (Wildman–Crippen LogP) is -4.68. The van der Waals surface area contributed by atoms with Crippen LogP contribution in [0.2, 0.25) is 0 Å². The average Bonchev–Trinajstić information content (AvgIpc) is 2.88. The smallest absolute Gasteiger partial charge is 0.279 e. The van der Waals surface area contributed by atoms with Gasteiger partial charge in [-0.25, -0.2) is 0 Å². The quantitative estimate of drug-likeness (QED) is 0.387. The maximum absolute atomic E-state index is 12.5. The van der Waals surface area contributed by atoms with Crippen molar-refractivity contribution in [1.29, 1.82) is 0 Å². The van der Waals surface area contributed by atoms with E-state index in [1.165, 1.54) is 0 Å². The minimum atomic E-state index is -0.422. The van der Waals surface area contributed by atoms with Crippen LogP contribution in [0.5, 0.6) is 5.75 Å². The summed E-state index contributed by atoms with van der Waals surface area (Å²) in [5.41, 5.74) is 1.39. The van der Waals surface area contributed by atoms with Crippen LogP contribution in [0.25, 0.3) is 0 Å². The molecule has 1 amide bonds. The highest BCUT2D eigenvalue weighted by Gasteiger charge is 2.37. The Morgan fingerprint density at radius 2 is 1.81 bits per heavy atom. The number of hydrogen-bond donors (Lipinski definition) is 3. The lowest BCUT2D eigenvalue weighted by Gasteiger charge is -2.36. The Morgan fingerprint density at radius 3 is 2.33 bits per heavy atom. The van der Waals surface area contributed by atoms with Gasteiger partial charge in [0.25, 0.3) is 5.91 Å². The summed E-state index contributed by atoms with van der Waals surface area (Å²) in [5.74, 6) is 0.115. The molecular formula is C19H33Cl2N3O3. The fraction of sp³-hybridized carbons (Fsp3) is 0.632. The molecule has 1 atom stereocenters. The summed E-state index contributed by atoms with van der Waals surface area (Å²) in [6, 6.07) is 5.16. The normalized spacial score (nSPS) is 16.8. The molecule has 0 saturated carbocycles. The number of anilines is 1. The molecule has 0 aliphatic carbocycles. The van der Waals surface area contributed by atoms with Crippen molar-refractivity contribution in [3.63, 3.8) is 0 Å². The van der Waals surface area contributed by atoms with Gasteiger partial charge >= 0.3 is 0 Å². The zero-order chi connectivity index (χ0) is 18.7. The van der Waals surface area contributed by atoms with Gasteiger partial charge in [0.2, 0.25) is 0 Å². The van der Waals surface area contributed by atoms with Crippen molar-refractivity contribution in [2.24, 2.45) is 0 Å². The number of hydrogen-bond acceptors (Lipinski definition) is 3. The lowest BCUT2D eigenvalue weighted by atomic mass is 10.2. The van der Waals surface area contributed by atoms with E-state index in [4.69, 9.17) is 0 Å². The second kappa shape index (κ2) is 10.5. The van der Waals surface area contributed by atoms with E-state index < -0.39 is 6.10 Å². The zero-order valence-electron chi connectivity index (χ0n) is 16.7. The molecule has 1 saturated heterocycles. The zero-order valence-corrected chi connectivity index (χ0v) is 18.2. The minimum absolute atomic E-state index is 0. The minimum Gasteiger partial charge on any atom is -1.00 e. The topological polar surface area (TPSA) is 69.6 Å².